The Kier molecular flexibility index (Phi) is 4.21. The van der Waals surface area contributed by atoms with Gasteiger partial charge < -0.3 is 0 Å². The van der Waals surface area contributed by atoms with E-state index in [0.717, 1.165) is 5.92 Å². The molecule has 0 radical (unpaired) electrons. The van der Waals surface area contributed by atoms with Crippen molar-refractivity contribution in [2.24, 2.45) is 11.3 Å². The van der Waals surface area contributed by atoms with Crippen LogP contribution in [0.1, 0.15) is 62.1 Å². The van der Waals surface area contributed by atoms with E-state index in [1.807, 2.05) is 0 Å². The molecule has 0 aliphatic heterocycles. The predicted octanol–water partition coefficient (Wildman–Crippen LogP) is 5.68. The molecule has 1 aromatic carbocycles. The second-order valence-electron chi connectivity index (χ2n) is 6.97. The fraction of sp³-hybridized carbons (Fsp3) is 0.647. The molecule has 18 heavy (non-hydrogen) atoms. The number of halogens is 1. The van der Waals surface area contributed by atoms with Crippen LogP contribution in [-0.4, -0.2) is 0 Å². The van der Waals surface area contributed by atoms with E-state index in [9.17, 15) is 0 Å². The average Bonchev–Trinajstić information content (AvgIpc) is 2.35. The van der Waals surface area contributed by atoms with Gasteiger partial charge >= 0.3 is 0 Å². The number of fused-ring (bicyclic) bond motifs is 1. The van der Waals surface area contributed by atoms with E-state index in [-0.39, 0.29) is 0 Å². The van der Waals surface area contributed by atoms with E-state index < -0.39 is 0 Å². The third-order valence-corrected chi connectivity index (χ3v) is 4.81. The van der Waals surface area contributed by atoms with Gasteiger partial charge in [-0.25, -0.2) is 0 Å². The number of rotatable bonds is 2. The summed E-state index contributed by atoms with van der Waals surface area (Å²) in [6.45, 7) is 9.37. The van der Waals surface area contributed by atoms with E-state index in [1.54, 1.807) is 11.1 Å². The van der Waals surface area contributed by atoms with Crippen LogP contribution >= 0.6 is 15.9 Å². The van der Waals surface area contributed by atoms with Gasteiger partial charge in [-0.2, -0.15) is 0 Å². The van der Waals surface area contributed by atoms with Crippen LogP contribution in [0.2, 0.25) is 0 Å². The van der Waals surface area contributed by atoms with Gasteiger partial charge in [0.05, 0.1) is 0 Å². The molecule has 100 valence electrons. The largest absolute Gasteiger partial charge is 0.0838 e. The Hall–Kier alpha value is -0.300. The molecular weight excluding hydrogens is 284 g/mol. The summed E-state index contributed by atoms with van der Waals surface area (Å²) in [5.74, 6) is 0.735. The van der Waals surface area contributed by atoms with Crippen molar-refractivity contribution in [1.82, 2.24) is 0 Å². The molecule has 0 heterocycles. The van der Waals surface area contributed by atoms with Gasteiger partial charge in [0, 0.05) is 4.83 Å². The van der Waals surface area contributed by atoms with Crippen molar-refractivity contribution in [2.75, 3.05) is 0 Å². The maximum Gasteiger partial charge on any atom is 0.0403 e. The molecule has 1 heteroatoms. The van der Waals surface area contributed by atoms with Gasteiger partial charge in [0.15, 0.2) is 0 Å². The Morgan fingerprint density at radius 2 is 2.06 bits per heavy atom. The lowest BCUT2D eigenvalue weighted by atomic mass is 9.84. The molecule has 1 aliphatic rings. The first-order chi connectivity index (χ1) is 8.37. The summed E-state index contributed by atoms with van der Waals surface area (Å²) in [7, 11) is 0. The predicted molar refractivity (Wildman–Crippen MR) is 83.4 cm³/mol. The van der Waals surface area contributed by atoms with Crippen molar-refractivity contribution in [3.63, 3.8) is 0 Å². The van der Waals surface area contributed by atoms with E-state index in [1.165, 1.54) is 31.2 Å². The second-order valence-corrected chi connectivity index (χ2v) is 8.07. The summed E-state index contributed by atoms with van der Waals surface area (Å²) >= 11 is 3.91. The molecule has 1 unspecified atom stereocenters. The SMILES string of the molecule is CC(C)Cc1ccc2c(c1)C(Br)CC(C)(C)CC2. The zero-order valence-corrected chi connectivity index (χ0v) is 13.7. The first-order valence-electron chi connectivity index (χ1n) is 7.13. The van der Waals surface area contributed by atoms with Crippen molar-refractivity contribution in [1.29, 1.82) is 0 Å². The molecule has 1 aliphatic carbocycles. The number of hydrogen-bond acceptors (Lipinski definition) is 0. The molecule has 0 saturated carbocycles. The van der Waals surface area contributed by atoms with E-state index in [0.29, 0.717) is 10.2 Å². The Balaban J connectivity index is 2.29. The van der Waals surface area contributed by atoms with E-state index in [2.05, 4.69) is 61.8 Å². The molecular formula is C17H25Br. The average molecular weight is 309 g/mol. The van der Waals surface area contributed by atoms with Crippen molar-refractivity contribution in [3.8, 4) is 0 Å². The van der Waals surface area contributed by atoms with Gasteiger partial charge in [0.25, 0.3) is 0 Å². The molecule has 0 nitrogen and oxygen atoms in total. The highest BCUT2D eigenvalue weighted by Gasteiger charge is 2.28. The number of hydrogen-bond donors (Lipinski definition) is 0. The van der Waals surface area contributed by atoms with Crippen LogP contribution < -0.4 is 0 Å². The molecule has 0 bridgehead atoms. The molecule has 1 atom stereocenters. The zero-order chi connectivity index (χ0) is 13.3. The van der Waals surface area contributed by atoms with Crippen molar-refractivity contribution >= 4 is 15.9 Å². The first-order valence-corrected chi connectivity index (χ1v) is 8.05. The highest BCUT2D eigenvalue weighted by atomic mass is 79.9. The summed E-state index contributed by atoms with van der Waals surface area (Å²) in [5, 5.41) is 0. The van der Waals surface area contributed by atoms with Crippen LogP contribution in [0, 0.1) is 11.3 Å². The Morgan fingerprint density at radius 1 is 1.33 bits per heavy atom. The molecule has 0 aromatic heterocycles. The topological polar surface area (TPSA) is 0 Å². The summed E-state index contributed by atoms with van der Waals surface area (Å²) in [6, 6.07) is 7.13. The van der Waals surface area contributed by atoms with Gasteiger partial charge in [-0.15, -0.1) is 0 Å². The van der Waals surface area contributed by atoms with Crippen LogP contribution in [0.15, 0.2) is 18.2 Å². The van der Waals surface area contributed by atoms with Crippen molar-refractivity contribution < 1.29 is 0 Å². The lowest BCUT2D eigenvalue weighted by Gasteiger charge is -2.24. The molecule has 0 saturated heterocycles. The fourth-order valence-corrected chi connectivity index (χ4v) is 4.23. The fourth-order valence-electron chi connectivity index (χ4n) is 2.93. The Morgan fingerprint density at radius 3 is 2.72 bits per heavy atom. The Labute approximate surface area is 120 Å². The molecule has 1 aromatic rings. The molecule has 0 fully saturated rings. The summed E-state index contributed by atoms with van der Waals surface area (Å²) in [4.78, 5) is 0.525. The third-order valence-electron chi connectivity index (χ3n) is 3.99. The number of aryl methyl sites for hydroxylation is 1. The highest BCUT2D eigenvalue weighted by Crippen LogP contribution is 2.43. The monoisotopic (exact) mass is 308 g/mol. The normalized spacial score (nSPS) is 22.7. The number of alkyl halides is 1. The number of benzene rings is 1. The summed E-state index contributed by atoms with van der Waals surface area (Å²) in [6.07, 6.45) is 4.96. The van der Waals surface area contributed by atoms with Gasteiger partial charge in [-0.1, -0.05) is 61.8 Å². The first kappa shape index (κ1) is 14.1. The van der Waals surface area contributed by atoms with Crippen molar-refractivity contribution in [2.45, 2.75) is 58.2 Å². The van der Waals surface area contributed by atoms with E-state index in [4.69, 9.17) is 0 Å². The smallest absolute Gasteiger partial charge is 0.0403 e. The molecule has 2 rings (SSSR count). The minimum atomic E-state index is 0.450. The second kappa shape index (κ2) is 5.36. The highest BCUT2D eigenvalue weighted by molar-refractivity contribution is 9.09. The zero-order valence-electron chi connectivity index (χ0n) is 12.1. The minimum Gasteiger partial charge on any atom is -0.0838 e. The van der Waals surface area contributed by atoms with Gasteiger partial charge in [0.2, 0.25) is 0 Å². The quantitative estimate of drug-likeness (QED) is 0.487. The van der Waals surface area contributed by atoms with Crippen LogP contribution in [0.25, 0.3) is 0 Å². The van der Waals surface area contributed by atoms with Gasteiger partial charge in [-0.05, 0) is 53.7 Å². The summed E-state index contributed by atoms with van der Waals surface area (Å²) in [5.41, 5.74) is 5.03. The minimum absolute atomic E-state index is 0.450. The van der Waals surface area contributed by atoms with Crippen molar-refractivity contribution in [3.05, 3.63) is 34.9 Å². The molecule has 0 amide bonds. The van der Waals surface area contributed by atoms with Crippen LogP contribution in [0.5, 0.6) is 0 Å². The van der Waals surface area contributed by atoms with Crippen LogP contribution in [0.3, 0.4) is 0 Å². The standard InChI is InChI=1S/C17H25Br/c1-12(2)9-13-5-6-14-7-8-17(3,4)11-16(18)15(14)10-13/h5-6,10,12,16H,7-9,11H2,1-4H3. The van der Waals surface area contributed by atoms with E-state index >= 15 is 0 Å². The van der Waals surface area contributed by atoms with Crippen LogP contribution in [0.4, 0.5) is 0 Å². The molecule has 0 N–H and O–H groups in total. The molecule has 0 spiro atoms. The van der Waals surface area contributed by atoms with Crippen LogP contribution in [-0.2, 0) is 12.8 Å². The third kappa shape index (κ3) is 3.38. The maximum absolute atomic E-state index is 3.91. The lowest BCUT2D eigenvalue weighted by Crippen LogP contribution is -2.11. The lowest BCUT2D eigenvalue weighted by molar-refractivity contribution is 0.316. The van der Waals surface area contributed by atoms with Gasteiger partial charge in [0.1, 0.15) is 0 Å². The Bertz CT molecular complexity index is 418. The maximum atomic E-state index is 3.91. The summed E-state index contributed by atoms with van der Waals surface area (Å²) < 4.78 is 0. The van der Waals surface area contributed by atoms with Gasteiger partial charge in [-0.3, -0.25) is 0 Å².